The number of hydrogen-bond acceptors (Lipinski definition) is 3. The van der Waals surface area contributed by atoms with E-state index in [-0.39, 0.29) is 11.8 Å². The van der Waals surface area contributed by atoms with Crippen molar-refractivity contribution >= 4 is 10.0 Å². The molecule has 1 unspecified atom stereocenters. The summed E-state index contributed by atoms with van der Waals surface area (Å²) in [6, 6.07) is 8.60. The summed E-state index contributed by atoms with van der Waals surface area (Å²) in [5, 5.41) is 0. The summed E-state index contributed by atoms with van der Waals surface area (Å²) >= 11 is 0. The van der Waals surface area contributed by atoms with E-state index in [2.05, 4.69) is 40.8 Å². The maximum absolute atomic E-state index is 11.8. The molecule has 4 nitrogen and oxygen atoms in total. The molecule has 1 atom stereocenters. The Bertz CT molecular complexity index is 547. The largest absolute Gasteiger partial charge is 0.295 e. The smallest absolute Gasteiger partial charge is 0.211 e. The number of sulfonamides is 1. The molecule has 0 amide bonds. The van der Waals surface area contributed by atoms with Crippen LogP contribution in [-0.4, -0.2) is 38.7 Å². The van der Waals surface area contributed by atoms with Gasteiger partial charge in [-0.1, -0.05) is 42.7 Å². The SMILES string of the molecule is CCS(=O)(=O)NCC(c1ccc(C)cc1)N1CCCCCC1. The monoisotopic (exact) mass is 324 g/mol. The lowest BCUT2D eigenvalue weighted by atomic mass is 10.0. The zero-order valence-electron chi connectivity index (χ0n) is 13.7. The van der Waals surface area contributed by atoms with Crippen LogP contribution in [0, 0.1) is 6.92 Å². The summed E-state index contributed by atoms with van der Waals surface area (Å²) in [6.07, 6.45) is 4.95. The number of rotatable bonds is 6. The summed E-state index contributed by atoms with van der Waals surface area (Å²) in [5.41, 5.74) is 2.43. The van der Waals surface area contributed by atoms with Gasteiger partial charge in [-0.15, -0.1) is 0 Å². The normalized spacial score (nSPS) is 18.8. The molecule has 1 aromatic carbocycles. The highest BCUT2D eigenvalue weighted by Crippen LogP contribution is 2.24. The molecule has 1 heterocycles. The van der Waals surface area contributed by atoms with E-state index in [1.165, 1.54) is 36.8 Å². The van der Waals surface area contributed by atoms with E-state index in [1.807, 2.05) is 0 Å². The van der Waals surface area contributed by atoms with Crippen LogP contribution in [0.25, 0.3) is 0 Å². The highest BCUT2D eigenvalue weighted by molar-refractivity contribution is 7.89. The van der Waals surface area contributed by atoms with Gasteiger partial charge < -0.3 is 0 Å². The molecular formula is C17H28N2O2S. The van der Waals surface area contributed by atoms with E-state index in [1.54, 1.807) is 6.92 Å². The molecule has 0 aromatic heterocycles. The van der Waals surface area contributed by atoms with Crippen LogP contribution in [0.1, 0.15) is 49.8 Å². The molecule has 0 aliphatic carbocycles. The van der Waals surface area contributed by atoms with Crippen molar-refractivity contribution in [3.63, 3.8) is 0 Å². The lowest BCUT2D eigenvalue weighted by Gasteiger charge is -2.31. The van der Waals surface area contributed by atoms with Gasteiger partial charge in [-0.2, -0.15) is 0 Å². The van der Waals surface area contributed by atoms with Gasteiger partial charge in [0, 0.05) is 12.6 Å². The zero-order chi connectivity index (χ0) is 16.0. The Balaban J connectivity index is 2.17. The van der Waals surface area contributed by atoms with E-state index < -0.39 is 10.0 Å². The van der Waals surface area contributed by atoms with Crippen molar-refractivity contribution in [3.05, 3.63) is 35.4 Å². The molecule has 1 aliphatic rings. The molecule has 0 bridgehead atoms. The van der Waals surface area contributed by atoms with Gasteiger partial charge in [-0.05, 0) is 45.3 Å². The first-order valence-electron chi connectivity index (χ1n) is 8.30. The molecule has 1 fully saturated rings. The van der Waals surface area contributed by atoms with Crippen molar-refractivity contribution < 1.29 is 8.42 Å². The number of hydrogen-bond donors (Lipinski definition) is 1. The fourth-order valence-electron chi connectivity index (χ4n) is 2.96. The second-order valence-corrected chi connectivity index (χ2v) is 8.22. The van der Waals surface area contributed by atoms with Crippen LogP contribution in [-0.2, 0) is 10.0 Å². The third kappa shape index (κ3) is 5.07. The highest BCUT2D eigenvalue weighted by atomic mass is 32.2. The Morgan fingerprint density at radius 1 is 1.09 bits per heavy atom. The van der Waals surface area contributed by atoms with E-state index in [4.69, 9.17) is 0 Å². The number of likely N-dealkylation sites (tertiary alicyclic amines) is 1. The van der Waals surface area contributed by atoms with Crippen LogP contribution in [0.4, 0.5) is 0 Å². The Kier molecular flexibility index (Phi) is 6.41. The predicted molar refractivity (Wildman–Crippen MR) is 91.4 cm³/mol. The molecular weight excluding hydrogens is 296 g/mol. The standard InChI is InChI=1S/C17H28N2O2S/c1-3-22(20,21)18-14-17(16-10-8-15(2)9-11-16)19-12-6-4-5-7-13-19/h8-11,17-18H,3-7,12-14H2,1-2H3. The maximum Gasteiger partial charge on any atom is 0.211 e. The average molecular weight is 324 g/mol. The molecule has 0 saturated carbocycles. The molecule has 124 valence electrons. The van der Waals surface area contributed by atoms with Crippen molar-refractivity contribution in [3.8, 4) is 0 Å². The summed E-state index contributed by atoms with van der Waals surface area (Å²) in [7, 11) is -3.16. The van der Waals surface area contributed by atoms with Gasteiger partial charge in [-0.3, -0.25) is 4.90 Å². The Hall–Kier alpha value is -0.910. The quantitative estimate of drug-likeness (QED) is 0.875. The molecule has 5 heteroatoms. The van der Waals surface area contributed by atoms with Crippen LogP contribution < -0.4 is 4.72 Å². The van der Waals surface area contributed by atoms with Crippen LogP contribution in [0.5, 0.6) is 0 Å². The van der Waals surface area contributed by atoms with Gasteiger partial charge in [0.05, 0.1) is 5.75 Å². The van der Waals surface area contributed by atoms with Crippen LogP contribution in [0.2, 0.25) is 0 Å². The molecule has 0 radical (unpaired) electrons. The lowest BCUT2D eigenvalue weighted by Crippen LogP contribution is -2.39. The van der Waals surface area contributed by atoms with E-state index in [0.717, 1.165) is 13.1 Å². The summed E-state index contributed by atoms with van der Waals surface area (Å²) < 4.78 is 26.4. The molecule has 1 N–H and O–H groups in total. The third-order valence-electron chi connectivity index (χ3n) is 4.42. The molecule has 2 rings (SSSR count). The molecule has 1 aromatic rings. The predicted octanol–water partition coefficient (Wildman–Crippen LogP) is 2.85. The van der Waals surface area contributed by atoms with Crippen molar-refractivity contribution in [1.29, 1.82) is 0 Å². The van der Waals surface area contributed by atoms with Crippen molar-refractivity contribution in [2.75, 3.05) is 25.4 Å². The minimum absolute atomic E-state index is 0.125. The zero-order valence-corrected chi connectivity index (χ0v) is 14.5. The van der Waals surface area contributed by atoms with Crippen molar-refractivity contribution in [2.45, 2.75) is 45.6 Å². The topological polar surface area (TPSA) is 49.4 Å². The van der Waals surface area contributed by atoms with E-state index in [0.29, 0.717) is 6.54 Å². The maximum atomic E-state index is 11.8. The second kappa shape index (κ2) is 8.09. The number of nitrogens with zero attached hydrogens (tertiary/aromatic N) is 1. The first-order chi connectivity index (χ1) is 10.5. The first kappa shape index (κ1) is 17.4. The second-order valence-electron chi connectivity index (χ2n) is 6.13. The first-order valence-corrected chi connectivity index (χ1v) is 9.95. The van der Waals surface area contributed by atoms with Crippen molar-refractivity contribution in [2.24, 2.45) is 0 Å². The summed E-state index contributed by atoms with van der Waals surface area (Å²) in [4.78, 5) is 2.44. The van der Waals surface area contributed by atoms with Gasteiger partial charge in [0.2, 0.25) is 10.0 Å². The van der Waals surface area contributed by atoms with Crippen LogP contribution in [0.15, 0.2) is 24.3 Å². The summed E-state index contributed by atoms with van der Waals surface area (Å²) in [5.74, 6) is 0.133. The van der Waals surface area contributed by atoms with Gasteiger partial charge >= 0.3 is 0 Å². The highest BCUT2D eigenvalue weighted by Gasteiger charge is 2.23. The van der Waals surface area contributed by atoms with Gasteiger partial charge in [0.15, 0.2) is 0 Å². The average Bonchev–Trinajstić information content (AvgIpc) is 2.78. The Morgan fingerprint density at radius 2 is 1.68 bits per heavy atom. The molecule has 0 spiro atoms. The summed E-state index contributed by atoms with van der Waals surface area (Å²) in [6.45, 7) is 6.30. The third-order valence-corrected chi connectivity index (χ3v) is 5.79. The Morgan fingerprint density at radius 3 is 2.23 bits per heavy atom. The fraction of sp³-hybridized carbons (Fsp3) is 0.647. The lowest BCUT2D eigenvalue weighted by molar-refractivity contribution is 0.206. The van der Waals surface area contributed by atoms with Gasteiger partial charge in [0.1, 0.15) is 0 Å². The van der Waals surface area contributed by atoms with E-state index >= 15 is 0 Å². The molecule has 1 aliphatic heterocycles. The molecule has 22 heavy (non-hydrogen) atoms. The minimum Gasteiger partial charge on any atom is -0.295 e. The Labute approximate surface area is 135 Å². The van der Waals surface area contributed by atoms with Crippen LogP contribution in [0.3, 0.4) is 0 Å². The van der Waals surface area contributed by atoms with Gasteiger partial charge in [0.25, 0.3) is 0 Å². The van der Waals surface area contributed by atoms with Crippen LogP contribution >= 0.6 is 0 Å². The number of benzene rings is 1. The fourth-order valence-corrected chi connectivity index (χ4v) is 3.58. The van der Waals surface area contributed by atoms with Crippen molar-refractivity contribution in [1.82, 2.24) is 9.62 Å². The van der Waals surface area contributed by atoms with Gasteiger partial charge in [-0.25, -0.2) is 13.1 Å². The number of nitrogens with one attached hydrogen (secondary N) is 1. The minimum atomic E-state index is -3.16. The number of aryl methyl sites for hydroxylation is 1. The van der Waals surface area contributed by atoms with E-state index in [9.17, 15) is 8.42 Å². The molecule has 1 saturated heterocycles.